The molecule has 4 nitrogen and oxygen atoms in total. The van der Waals surface area contributed by atoms with Gasteiger partial charge in [0.25, 0.3) is 0 Å². The number of benzene rings is 3. The minimum absolute atomic E-state index is 0.217. The van der Waals surface area contributed by atoms with Gasteiger partial charge in [-0.3, -0.25) is 0 Å². The van der Waals surface area contributed by atoms with Crippen molar-refractivity contribution in [1.82, 2.24) is 9.97 Å². The minimum Gasteiger partial charge on any atom is -0.507 e. The van der Waals surface area contributed by atoms with E-state index in [0.29, 0.717) is 5.56 Å². The summed E-state index contributed by atoms with van der Waals surface area (Å²) < 4.78 is 5.41. The van der Waals surface area contributed by atoms with Crippen LogP contribution in [0, 0.1) is 0 Å². The molecule has 0 saturated carbocycles. The van der Waals surface area contributed by atoms with Crippen molar-refractivity contribution in [3.8, 4) is 22.8 Å². The van der Waals surface area contributed by atoms with Gasteiger partial charge in [0.15, 0.2) is 0 Å². The minimum atomic E-state index is 0.217. The van der Waals surface area contributed by atoms with Crippen LogP contribution in [0.2, 0.25) is 0 Å². The Balaban J connectivity index is 2.03. The number of aromatic amines is 1. The molecule has 26 heavy (non-hydrogen) atoms. The first-order valence-electron chi connectivity index (χ1n) is 8.43. The first-order chi connectivity index (χ1) is 12.8. The molecule has 2 N–H and O–H groups in total. The summed E-state index contributed by atoms with van der Waals surface area (Å²) in [5, 5.41) is 13.5. The van der Waals surface area contributed by atoms with Crippen molar-refractivity contribution in [2.75, 3.05) is 7.11 Å². The Morgan fingerprint density at radius 3 is 2.58 bits per heavy atom. The largest absolute Gasteiger partial charge is 0.507 e. The molecule has 5 aromatic rings. The number of hydrogen-bond donors (Lipinski definition) is 2. The van der Waals surface area contributed by atoms with Gasteiger partial charge in [0, 0.05) is 27.2 Å². The van der Waals surface area contributed by atoms with Crippen LogP contribution in [0.5, 0.6) is 11.5 Å². The van der Waals surface area contributed by atoms with Gasteiger partial charge in [-0.2, -0.15) is 0 Å². The number of phenols is 1. The van der Waals surface area contributed by atoms with Crippen LogP contribution in [0.3, 0.4) is 0 Å². The molecule has 0 radical (unpaired) electrons. The van der Waals surface area contributed by atoms with E-state index in [9.17, 15) is 5.11 Å². The molecule has 5 rings (SSSR count). The fraction of sp³-hybridized carbons (Fsp3) is 0.0455. The highest BCUT2D eigenvalue weighted by Gasteiger charge is 2.17. The summed E-state index contributed by atoms with van der Waals surface area (Å²) in [7, 11) is 1.66. The Hall–Kier alpha value is -3.53. The van der Waals surface area contributed by atoms with Crippen LogP contribution in [0.4, 0.5) is 0 Å². The zero-order valence-corrected chi connectivity index (χ0v) is 14.2. The lowest BCUT2D eigenvalue weighted by atomic mass is 10.0. The zero-order chi connectivity index (χ0) is 17.7. The van der Waals surface area contributed by atoms with Crippen LogP contribution in [0.15, 0.2) is 66.7 Å². The molecule has 2 aromatic heterocycles. The number of para-hydroxylation sites is 2. The molecule has 0 saturated heterocycles. The summed E-state index contributed by atoms with van der Waals surface area (Å²) in [5.74, 6) is 1.00. The molecular weight excluding hydrogens is 324 g/mol. The summed E-state index contributed by atoms with van der Waals surface area (Å²) in [5.41, 5.74) is 4.38. The van der Waals surface area contributed by atoms with Crippen molar-refractivity contribution >= 4 is 32.7 Å². The Kier molecular flexibility index (Phi) is 3.12. The molecule has 0 aliphatic carbocycles. The quantitative estimate of drug-likeness (QED) is 0.461. The fourth-order valence-corrected chi connectivity index (χ4v) is 3.57. The van der Waals surface area contributed by atoms with Crippen LogP contribution in [-0.2, 0) is 0 Å². The number of methoxy groups -OCH3 is 1. The van der Waals surface area contributed by atoms with E-state index in [1.807, 2.05) is 54.6 Å². The lowest BCUT2D eigenvalue weighted by molar-refractivity contribution is 0.415. The Morgan fingerprint density at radius 2 is 1.73 bits per heavy atom. The molecule has 0 amide bonds. The van der Waals surface area contributed by atoms with E-state index in [4.69, 9.17) is 9.72 Å². The molecule has 126 valence electrons. The van der Waals surface area contributed by atoms with Crippen molar-refractivity contribution in [1.29, 1.82) is 0 Å². The summed E-state index contributed by atoms with van der Waals surface area (Å²) in [6.07, 6.45) is 0. The van der Waals surface area contributed by atoms with Crippen LogP contribution >= 0.6 is 0 Å². The van der Waals surface area contributed by atoms with Crippen LogP contribution in [-0.4, -0.2) is 22.2 Å². The molecule has 3 aromatic carbocycles. The number of aromatic nitrogens is 2. The number of nitrogens with one attached hydrogen (secondary N) is 1. The van der Waals surface area contributed by atoms with Crippen molar-refractivity contribution in [2.24, 2.45) is 0 Å². The van der Waals surface area contributed by atoms with Crippen molar-refractivity contribution in [3.63, 3.8) is 0 Å². The summed E-state index contributed by atoms with van der Waals surface area (Å²) in [4.78, 5) is 8.42. The number of pyridine rings is 1. The van der Waals surface area contributed by atoms with E-state index in [2.05, 4.69) is 11.1 Å². The third kappa shape index (κ3) is 2.05. The van der Waals surface area contributed by atoms with E-state index >= 15 is 0 Å². The summed E-state index contributed by atoms with van der Waals surface area (Å²) >= 11 is 0. The maximum atomic E-state index is 10.4. The zero-order valence-electron chi connectivity index (χ0n) is 14.2. The van der Waals surface area contributed by atoms with Gasteiger partial charge in [-0.1, -0.05) is 30.3 Å². The Morgan fingerprint density at radius 1 is 0.923 bits per heavy atom. The van der Waals surface area contributed by atoms with Crippen molar-refractivity contribution in [2.45, 2.75) is 0 Å². The summed E-state index contributed by atoms with van der Waals surface area (Å²) in [6.45, 7) is 0. The SMILES string of the molecule is COc1ccc2[nH]c3c4ccccc4nc(-c4ccccc4O)c3c2c1. The highest BCUT2D eigenvalue weighted by atomic mass is 16.5. The lowest BCUT2D eigenvalue weighted by Gasteiger charge is -2.09. The topological polar surface area (TPSA) is 58.1 Å². The normalized spacial score (nSPS) is 11.4. The molecule has 0 spiro atoms. The number of hydrogen-bond acceptors (Lipinski definition) is 3. The van der Waals surface area contributed by atoms with Crippen molar-refractivity contribution < 1.29 is 9.84 Å². The van der Waals surface area contributed by atoms with E-state index in [1.54, 1.807) is 13.2 Å². The van der Waals surface area contributed by atoms with E-state index in [-0.39, 0.29) is 5.75 Å². The molecule has 0 bridgehead atoms. The number of H-pyrrole nitrogens is 1. The van der Waals surface area contributed by atoms with E-state index in [1.165, 1.54) is 0 Å². The predicted octanol–water partition coefficient (Wildman–Crippen LogP) is 5.25. The lowest BCUT2D eigenvalue weighted by Crippen LogP contribution is -1.89. The standard InChI is InChI=1S/C22H16N2O2/c1-26-13-10-11-18-16(12-13)20-21(24-18)14-6-2-4-8-17(14)23-22(20)15-7-3-5-9-19(15)25/h2-12,24-25H,1H3. The summed E-state index contributed by atoms with van der Waals surface area (Å²) in [6, 6.07) is 21.3. The smallest absolute Gasteiger partial charge is 0.124 e. The molecule has 0 aliphatic rings. The Labute approximate surface area is 149 Å². The third-order valence-electron chi connectivity index (χ3n) is 4.81. The van der Waals surface area contributed by atoms with Gasteiger partial charge < -0.3 is 14.8 Å². The second kappa shape index (κ2) is 5.49. The van der Waals surface area contributed by atoms with Gasteiger partial charge in [-0.15, -0.1) is 0 Å². The average Bonchev–Trinajstić information content (AvgIpc) is 3.07. The van der Waals surface area contributed by atoms with Gasteiger partial charge in [0.1, 0.15) is 11.5 Å². The number of ether oxygens (including phenoxy) is 1. The highest BCUT2D eigenvalue weighted by Crippen LogP contribution is 2.40. The first-order valence-corrected chi connectivity index (χ1v) is 8.43. The highest BCUT2D eigenvalue weighted by molar-refractivity contribution is 6.21. The van der Waals surface area contributed by atoms with Crippen LogP contribution in [0.25, 0.3) is 44.0 Å². The number of aromatic hydroxyl groups is 1. The van der Waals surface area contributed by atoms with E-state index in [0.717, 1.165) is 44.2 Å². The molecule has 2 heterocycles. The number of rotatable bonds is 2. The maximum absolute atomic E-state index is 10.4. The molecule has 4 heteroatoms. The maximum Gasteiger partial charge on any atom is 0.124 e. The molecular formula is C22H16N2O2. The molecule has 0 fully saturated rings. The first kappa shape index (κ1) is 14.8. The third-order valence-corrected chi connectivity index (χ3v) is 4.81. The fourth-order valence-electron chi connectivity index (χ4n) is 3.57. The van der Waals surface area contributed by atoms with Crippen LogP contribution in [0.1, 0.15) is 0 Å². The van der Waals surface area contributed by atoms with E-state index < -0.39 is 0 Å². The molecule has 0 atom stereocenters. The van der Waals surface area contributed by atoms with Gasteiger partial charge in [0.05, 0.1) is 23.8 Å². The predicted molar refractivity (Wildman–Crippen MR) is 105 cm³/mol. The molecule has 0 aliphatic heterocycles. The van der Waals surface area contributed by atoms with Gasteiger partial charge in [-0.25, -0.2) is 4.98 Å². The van der Waals surface area contributed by atoms with Gasteiger partial charge >= 0.3 is 0 Å². The monoisotopic (exact) mass is 340 g/mol. The Bertz CT molecular complexity index is 1290. The molecule has 0 unspecified atom stereocenters. The average molecular weight is 340 g/mol. The van der Waals surface area contributed by atoms with Gasteiger partial charge in [-0.05, 0) is 36.4 Å². The van der Waals surface area contributed by atoms with Crippen LogP contribution < -0.4 is 4.74 Å². The number of nitrogens with zero attached hydrogens (tertiary/aromatic N) is 1. The number of phenolic OH excluding ortho intramolecular Hbond substituents is 1. The van der Waals surface area contributed by atoms with Gasteiger partial charge in [0.2, 0.25) is 0 Å². The second-order valence-electron chi connectivity index (χ2n) is 6.28. The number of fused-ring (bicyclic) bond motifs is 5. The second-order valence-corrected chi connectivity index (χ2v) is 6.28. The van der Waals surface area contributed by atoms with Crippen molar-refractivity contribution in [3.05, 3.63) is 66.7 Å².